The number of carbonyl (C=O) groups excluding carboxylic acids is 1. The molecule has 1 aliphatic heterocycles. The van der Waals surface area contributed by atoms with Crippen molar-refractivity contribution in [3.05, 3.63) is 47.5 Å². The highest BCUT2D eigenvalue weighted by Crippen LogP contribution is 2.33. The molecular formula is C17H17NO6S. The largest absolute Gasteiger partial charge is 0.486 e. The first-order chi connectivity index (χ1) is 11.9. The smallest absolute Gasteiger partial charge is 0.338 e. The lowest BCUT2D eigenvalue weighted by Crippen LogP contribution is -2.17. The van der Waals surface area contributed by atoms with Gasteiger partial charge in [-0.1, -0.05) is 6.07 Å². The minimum Gasteiger partial charge on any atom is -0.486 e. The first-order valence-electron chi connectivity index (χ1n) is 7.52. The van der Waals surface area contributed by atoms with Gasteiger partial charge in [-0.25, -0.2) is 13.2 Å². The second-order valence-corrected chi connectivity index (χ2v) is 7.11. The predicted molar refractivity (Wildman–Crippen MR) is 90.8 cm³/mol. The van der Waals surface area contributed by atoms with Crippen LogP contribution in [-0.2, 0) is 14.8 Å². The zero-order valence-electron chi connectivity index (χ0n) is 13.7. The van der Waals surface area contributed by atoms with Gasteiger partial charge in [0.1, 0.15) is 13.2 Å². The standard InChI is InChI=1S/C17H17NO6S/c1-11-3-5-13(10-14(11)17(19)22-2)25(20,21)18-12-4-6-15-16(9-12)24-8-7-23-15/h3-6,9-10,18H,7-8H2,1-2H3. The van der Waals surface area contributed by atoms with Crippen molar-refractivity contribution in [2.24, 2.45) is 0 Å². The lowest BCUT2D eigenvalue weighted by atomic mass is 10.1. The molecule has 0 aliphatic carbocycles. The molecule has 0 atom stereocenters. The van der Waals surface area contributed by atoms with E-state index in [2.05, 4.69) is 9.46 Å². The zero-order valence-corrected chi connectivity index (χ0v) is 14.6. The van der Waals surface area contributed by atoms with Crippen LogP contribution < -0.4 is 14.2 Å². The summed E-state index contributed by atoms with van der Waals surface area (Å²) in [6, 6.07) is 9.07. The van der Waals surface area contributed by atoms with Gasteiger partial charge in [0.25, 0.3) is 10.0 Å². The molecule has 1 heterocycles. The van der Waals surface area contributed by atoms with E-state index >= 15 is 0 Å². The number of rotatable bonds is 4. The van der Waals surface area contributed by atoms with Crippen LogP contribution >= 0.6 is 0 Å². The Balaban J connectivity index is 1.91. The van der Waals surface area contributed by atoms with Gasteiger partial charge in [-0.2, -0.15) is 0 Å². The second kappa shape index (κ2) is 6.64. The summed E-state index contributed by atoms with van der Waals surface area (Å²) in [7, 11) is -2.63. The molecule has 0 unspecified atom stereocenters. The van der Waals surface area contributed by atoms with Gasteiger partial charge in [0.15, 0.2) is 11.5 Å². The van der Waals surface area contributed by atoms with E-state index in [0.717, 1.165) is 0 Å². The monoisotopic (exact) mass is 363 g/mol. The molecule has 25 heavy (non-hydrogen) atoms. The van der Waals surface area contributed by atoms with E-state index < -0.39 is 16.0 Å². The fourth-order valence-electron chi connectivity index (χ4n) is 2.42. The third-order valence-corrected chi connectivity index (χ3v) is 5.10. The van der Waals surface area contributed by atoms with Gasteiger partial charge in [-0.05, 0) is 36.8 Å². The van der Waals surface area contributed by atoms with Gasteiger partial charge in [-0.15, -0.1) is 0 Å². The molecule has 0 saturated carbocycles. The van der Waals surface area contributed by atoms with Crippen molar-refractivity contribution in [3.63, 3.8) is 0 Å². The maximum absolute atomic E-state index is 12.6. The van der Waals surface area contributed by atoms with Gasteiger partial charge in [0.2, 0.25) is 0 Å². The SMILES string of the molecule is COC(=O)c1cc(S(=O)(=O)Nc2ccc3c(c2)OCCO3)ccc1C. The number of methoxy groups -OCH3 is 1. The van der Waals surface area contributed by atoms with Crippen LogP contribution in [0.1, 0.15) is 15.9 Å². The average molecular weight is 363 g/mol. The summed E-state index contributed by atoms with van der Waals surface area (Å²) >= 11 is 0. The molecule has 0 saturated heterocycles. The van der Waals surface area contributed by atoms with Crippen molar-refractivity contribution >= 4 is 21.7 Å². The number of benzene rings is 2. The van der Waals surface area contributed by atoms with Crippen LogP contribution in [0, 0.1) is 6.92 Å². The van der Waals surface area contributed by atoms with Crippen LogP contribution in [0.2, 0.25) is 0 Å². The van der Waals surface area contributed by atoms with E-state index in [1.165, 1.54) is 19.2 Å². The number of anilines is 1. The quantitative estimate of drug-likeness (QED) is 0.839. The number of hydrogen-bond donors (Lipinski definition) is 1. The summed E-state index contributed by atoms with van der Waals surface area (Å²) in [5.41, 5.74) is 1.17. The van der Waals surface area contributed by atoms with Gasteiger partial charge in [0, 0.05) is 6.07 Å². The highest BCUT2D eigenvalue weighted by Gasteiger charge is 2.20. The number of esters is 1. The van der Waals surface area contributed by atoms with E-state index in [1.807, 2.05) is 0 Å². The summed E-state index contributed by atoms with van der Waals surface area (Å²) in [5, 5.41) is 0. The minimum atomic E-state index is -3.88. The van der Waals surface area contributed by atoms with Crippen molar-refractivity contribution in [1.29, 1.82) is 0 Å². The summed E-state index contributed by atoms with van der Waals surface area (Å²) in [6.07, 6.45) is 0. The van der Waals surface area contributed by atoms with Crippen LogP contribution in [0.4, 0.5) is 5.69 Å². The Hall–Kier alpha value is -2.74. The Morgan fingerprint density at radius 2 is 1.80 bits per heavy atom. The average Bonchev–Trinajstić information content (AvgIpc) is 2.61. The second-order valence-electron chi connectivity index (χ2n) is 5.43. The lowest BCUT2D eigenvalue weighted by Gasteiger charge is -2.19. The Kier molecular flexibility index (Phi) is 4.54. The molecule has 0 radical (unpaired) electrons. The van der Waals surface area contributed by atoms with Gasteiger partial charge < -0.3 is 14.2 Å². The van der Waals surface area contributed by atoms with E-state index in [9.17, 15) is 13.2 Å². The van der Waals surface area contributed by atoms with Crippen molar-refractivity contribution in [1.82, 2.24) is 0 Å². The zero-order chi connectivity index (χ0) is 18.0. The van der Waals surface area contributed by atoms with Crippen molar-refractivity contribution in [2.45, 2.75) is 11.8 Å². The summed E-state index contributed by atoms with van der Waals surface area (Å²) in [4.78, 5) is 11.7. The molecule has 0 bridgehead atoms. The Bertz CT molecular complexity index is 923. The van der Waals surface area contributed by atoms with E-state index in [-0.39, 0.29) is 10.5 Å². The van der Waals surface area contributed by atoms with Crippen LogP contribution in [0.15, 0.2) is 41.3 Å². The molecule has 7 nitrogen and oxygen atoms in total. The molecule has 0 spiro atoms. The third-order valence-electron chi connectivity index (χ3n) is 3.72. The number of carbonyl (C=O) groups is 1. The molecule has 0 fully saturated rings. The van der Waals surface area contributed by atoms with Crippen molar-refractivity contribution in [2.75, 3.05) is 25.0 Å². The van der Waals surface area contributed by atoms with Crippen molar-refractivity contribution < 1.29 is 27.4 Å². The number of aryl methyl sites for hydroxylation is 1. The fraction of sp³-hybridized carbons (Fsp3) is 0.235. The first-order valence-corrected chi connectivity index (χ1v) is 9.00. The van der Waals surface area contributed by atoms with E-state index in [0.29, 0.717) is 36.0 Å². The predicted octanol–water partition coefficient (Wildman–Crippen LogP) is 2.35. The number of nitrogens with one attached hydrogen (secondary N) is 1. The van der Waals surface area contributed by atoms with Crippen LogP contribution in [-0.4, -0.2) is 34.7 Å². The van der Waals surface area contributed by atoms with E-state index in [1.54, 1.807) is 31.2 Å². The Labute approximate surface area is 145 Å². The normalized spacial score (nSPS) is 13.2. The number of ether oxygens (including phenoxy) is 3. The first kappa shape index (κ1) is 17.1. The van der Waals surface area contributed by atoms with Crippen LogP contribution in [0.5, 0.6) is 11.5 Å². The Morgan fingerprint density at radius 3 is 2.52 bits per heavy atom. The fourth-order valence-corrected chi connectivity index (χ4v) is 3.49. The summed E-state index contributed by atoms with van der Waals surface area (Å²) < 4.78 is 43.2. The molecule has 2 aromatic rings. The van der Waals surface area contributed by atoms with Crippen LogP contribution in [0.3, 0.4) is 0 Å². The highest BCUT2D eigenvalue weighted by molar-refractivity contribution is 7.92. The molecule has 8 heteroatoms. The molecule has 1 aliphatic rings. The van der Waals surface area contributed by atoms with Gasteiger partial charge >= 0.3 is 5.97 Å². The van der Waals surface area contributed by atoms with E-state index in [4.69, 9.17) is 9.47 Å². The topological polar surface area (TPSA) is 90.9 Å². The van der Waals surface area contributed by atoms with Crippen molar-refractivity contribution in [3.8, 4) is 11.5 Å². The summed E-state index contributed by atoms with van der Waals surface area (Å²) in [5.74, 6) is 0.456. The number of fused-ring (bicyclic) bond motifs is 1. The molecular weight excluding hydrogens is 346 g/mol. The van der Waals surface area contributed by atoms with Gasteiger partial charge in [0.05, 0.1) is 23.3 Å². The molecule has 1 N–H and O–H groups in total. The van der Waals surface area contributed by atoms with Crippen LogP contribution in [0.25, 0.3) is 0 Å². The maximum Gasteiger partial charge on any atom is 0.338 e. The summed E-state index contributed by atoms with van der Waals surface area (Å²) in [6.45, 7) is 2.57. The Morgan fingerprint density at radius 1 is 1.08 bits per heavy atom. The third kappa shape index (κ3) is 3.53. The highest BCUT2D eigenvalue weighted by atomic mass is 32.2. The maximum atomic E-state index is 12.6. The molecule has 0 amide bonds. The molecule has 3 rings (SSSR count). The molecule has 2 aromatic carbocycles. The number of hydrogen-bond acceptors (Lipinski definition) is 6. The number of sulfonamides is 1. The molecule has 132 valence electrons. The minimum absolute atomic E-state index is 0.0339. The lowest BCUT2D eigenvalue weighted by molar-refractivity contribution is 0.0599. The van der Waals surface area contributed by atoms with Gasteiger partial charge in [-0.3, -0.25) is 4.72 Å². The molecule has 0 aromatic heterocycles.